The van der Waals surface area contributed by atoms with Crippen LogP contribution in [0.5, 0.6) is 0 Å². The van der Waals surface area contributed by atoms with Crippen LogP contribution < -0.4 is 5.32 Å². The molecule has 2 unspecified atom stereocenters. The third-order valence-electron chi connectivity index (χ3n) is 2.39. The van der Waals surface area contributed by atoms with Crippen LogP contribution in [0.4, 0.5) is 0 Å². The molecule has 0 saturated carbocycles. The molecule has 4 N–H and O–H groups in total. The first kappa shape index (κ1) is 13.2. The molecule has 0 radical (unpaired) electrons. The lowest BCUT2D eigenvalue weighted by molar-refractivity contribution is -0.142. The molecule has 17 heavy (non-hydrogen) atoms. The van der Waals surface area contributed by atoms with Crippen molar-refractivity contribution in [1.82, 2.24) is 15.3 Å². The van der Waals surface area contributed by atoms with E-state index in [0.29, 0.717) is 12.1 Å². The minimum absolute atomic E-state index is 0.166. The van der Waals surface area contributed by atoms with Gasteiger partial charge in [0.15, 0.2) is 0 Å². The van der Waals surface area contributed by atoms with Crippen LogP contribution in [0.3, 0.4) is 0 Å². The van der Waals surface area contributed by atoms with Crippen molar-refractivity contribution in [1.29, 1.82) is 0 Å². The fourth-order valence-corrected chi connectivity index (χ4v) is 1.44. The van der Waals surface area contributed by atoms with E-state index in [1.54, 1.807) is 6.92 Å². The number of aliphatic carboxylic acids is 2. The van der Waals surface area contributed by atoms with Crippen LogP contribution in [0, 0.1) is 0 Å². The Morgan fingerprint density at radius 2 is 2.06 bits per heavy atom. The number of nitrogens with zero attached hydrogens (tertiary/aromatic N) is 1. The Morgan fingerprint density at radius 1 is 1.41 bits per heavy atom. The standard InChI is InChI=1S/C10H15N3O4/c1-2-7(9(14)15)13-8(10(16)17)3-6-4-11-5-12-6/h4-5,7-8,13H,2-3H2,1H3,(H,11,12)(H,14,15)(H,16,17). The first-order valence-electron chi connectivity index (χ1n) is 5.23. The van der Waals surface area contributed by atoms with Gasteiger partial charge in [-0.1, -0.05) is 6.92 Å². The van der Waals surface area contributed by atoms with Gasteiger partial charge in [-0.2, -0.15) is 0 Å². The topological polar surface area (TPSA) is 115 Å². The number of H-pyrrole nitrogens is 1. The lowest BCUT2D eigenvalue weighted by Gasteiger charge is -2.18. The number of hydrogen-bond donors (Lipinski definition) is 4. The predicted octanol–water partition coefficient (Wildman–Crippen LogP) is -0.142. The molecule has 94 valence electrons. The highest BCUT2D eigenvalue weighted by Crippen LogP contribution is 2.02. The highest BCUT2D eigenvalue weighted by Gasteiger charge is 2.25. The summed E-state index contributed by atoms with van der Waals surface area (Å²) in [6.45, 7) is 1.68. The minimum atomic E-state index is -1.08. The third-order valence-corrected chi connectivity index (χ3v) is 2.39. The van der Waals surface area contributed by atoms with Gasteiger partial charge in [0.2, 0.25) is 0 Å². The zero-order valence-electron chi connectivity index (χ0n) is 9.38. The van der Waals surface area contributed by atoms with Crippen LogP contribution in [-0.2, 0) is 16.0 Å². The first-order chi connectivity index (χ1) is 8.04. The Hall–Kier alpha value is -1.89. The number of carboxylic acid groups (broad SMARTS) is 2. The van der Waals surface area contributed by atoms with Gasteiger partial charge in [-0.05, 0) is 6.42 Å². The zero-order valence-corrected chi connectivity index (χ0v) is 9.38. The molecule has 1 rings (SSSR count). The maximum absolute atomic E-state index is 11.0. The second kappa shape index (κ2) is 6.00. The summed E-state index contributed by atoms with van der Waals surface area (Å²) >= 11 is 0. The van der Waals surface area contributed by atoms with Crippen LogP contribution in [0.1, 0.15) is 19.0 Å². The van der Waals surface area contributed by atoms with Crippen molar-refractivity contribution in [3.05, 3.63) is 18.2 Å². The van der Waals surface area contributed by atoms with Crippen molar-refractivity contribution in [3.8, 4) is 0 Å². The highest BCUT2D eigenvalue weighted by molar-refractivity contribution is 5.77. The maximum Gasteiger partial charge on any atom is 0.321 e. The van der Waals surface area contributed by atoms with E-state index < -0.39 is 24.0 Å². The summed E-state index contributed by atoms with van der Waals surface area (Å²) in [5.74, 6) is -2.14. The molecule has 7 heteroatoms. The molecule has 1 heterocycles. The number of aromatic nitrogens is 2. The van der Waals surface area contributed by atoms with E-state index in [9.17, 15) is 9.59 Å². The molecule has 0 fully saturated rings. The summed E-state index contributed by atoms with van der Waals surface area (Å²) in [5.41, 5.74) is 0.644. The Bertz CT molecular complexity index is 377. The number of rotatable bonds is 7. The maximum atomic E-state index is 11.0. The van der Waals surface area contributed by atoms with E-state index in [4.69, 9.17) is 10.2 Å². The summed E-state index contributed by atoms with van der Waals surface area (Å²) in [6, 6.07) is -1.81. The SMILES string of the molecule is CCC(NC(Cc1cnc[nH]1)C(=O)O)C(=O)O. The quantitative estimate of drug-likeness (QED) is 0.528. The van der Waals surface area contributed by atoms with E-state index in [-0.39, 0.29) is 6.42 Å². The predicted molar refractivity (Wildman–Crippen MR) is 58.6 cm³/mol. The second-order valence-corrected chi connectivity index (χ2v) is 3.64. The van der Waals surface area contributed by atoms with Gasteiger partial charge in [-0.15, -0.1) is 0 Å². The summed E-state index contributed by atoms with van der Waals surface area (Å²) in [5, 5.41) is 20.5. The number of nitrogens with one attached hydrogen (secondary N) is 2. The van der Waals surface area contributed by atoms with Crippen LogP contribution >= 0.6 is 0 Å². The molecule has 0 aliphatic heterocycles. The van der Waals surface area contributed by atoms with Gasteiger partial charge in [0.1, 0.15) is 12.1 Å². The van der Waals surface area contributed by atoms with E-state index in [1.165, 1.54) is 12.5 Å². The fourth-order valence-electron chi connectivity index (χ4n) is 1.44. The van der Waals surface area contributed by atoms with Gasteiger partial charge in [0.25, 0.3) is 0 Å². The molecular weight excluding hydrogens is 226 g/mol. The molecule has 0 bridgehead atoms. The Balaban J connectivity index is 2.66. The van der Waals surface area contributed by atoms with Crippen LogP contribution in [0.15, 0.2) is 12.5 Å². The van der Waals surface area contributed by atoms with Crippen LogP contribution in [-0.4, -0.2) is 44.2 Å². The van der Waals surface area contributed by atoms with E-state index >= 15 is 0 Å². The average molecular weight is 241 g/mol. The number of hydrogen-bond acceptors (Lipinski definition) is 4. The molecule has 1 aromatic rings. The molecule has 0 aromatic carbocycles. The fraction of sp³-hybridized carbons (Fsp3) is 0.500. The Labute approximate surface area is 97.9 Å². The zero-order chi connectivity index (χ0) is 12.8. The number of aromatic amines is 1. The third kappa shape index (κ3) is 3.87. The second-order valence-electron chi connectivity index (χ2n) is 3.64. The lowest BCUT2D eigenvalue weighted by atomic mass is 10.1. The number of carboxylic acids is 2. The molecule has 2 atom stereocenters. The summed E-state index contributed by atoms with van der Waals surface area (Å²) in [4.78, 5) is 28.4. The summed E-state index contributed by atoms with van der Waals surface area (Å²) in [7, 11) is 0. The van der Waals surface area contributed by atoms with Crippen molar-refractivity contribution in [2.45, 2.75) is 31.8 Å². The monoisotopic (exact) mass is 241 g/mol. The minimum Gasteiger partial charge on any atom is -0.480 e. The molecule has 7 nitrogen and oxygen atoms in total. The van der Waals surface area contributed by atoms with E-state index in [2.05, 4.69) is 15.3 Å². The van der Waals surface area contributed by atoms with Crippen LogP contribution in [0.2, 0.25) is 0 Å². The van der Waals surface area contributed by atoms with Crippen molar-refractivity contribution >= 4 is 11.9 Å². The van der Waals surface area contributed by atoms with Crippen molar-refractivity contribution < 1.29 is 19.8 Å². The van der Waals surface area contributed by atoms with Gasteiger partial charge in [0.05, 0.1) is 6.33 Å². The molecular formula is C10H15N3O4. The highest BCUT2D eigenvalue weighted by atomic mass is 16.4. The van der Waals surface area contributed by atoms with Crippen molar-refractivity contribution in [2.75, 3.05) is 0 Å². The summed E-state index contributed by atoms with van der Waals surface area (Å²) < 4.78 is 0. The van der Waals surface area contributed by atoms with Crippen LogP contribution in [0.25, 0.3) is 0 Å². The molecule has 0 amide bonds. The molecule has 0 aliphatic rings. The average Bonchev–Trinajstić information content (AvgIpc) is 2.75. The van der Waals surface area contributed by atoms with Gasteiger partial charge in [0, 0.05) is 18.3 Å². The van der Waals surface area contributed by atoms with Gasteiger partial charge >= 0.3 is 11.9 Å². The van der Waals surface area contributed by atoms with Gasteiger partial charge in [-0.3, -0.25) is 14.9 Å². The lowest BCUT2D eigenvalue weighted by Crippen LogP contribution is -2.48. The molecule has 0 aliphatic carbocycles. The van der Waals surface area contributed by atoms with Crippen molar-refractivity contribution in [2.24, 2.45) is 0 Å². The normalized spacial score (nSPS) is 14.2. The number of imidazole rings is 1. The number of carbonyl (C=O) groups is 2. The van der Waals surface area contributed by atoms with E-state index in [0.717, 1.165) is 0 Å². The molecule has 0 spiro atoms. The Morgan fingerprint density at radius 3 is 2.47 bits per heavy atom. The first-order valence-corrected chi connectivity index (χ1v) is 5.23. The molecule has 0 saturated heterocycles. The smallest absolute Gasteiger partial charge is 0.321 e. The van der Waals surface area contributed by atoms with E-state index in [1.807, 2.05) is 0 Å². The summed E-state index contributed by atoms with van der Waals surface area (Å²) in [6.07, 6.45) is 3.45. The van der Waals surface area contributed by atoms with Gasteiger partial charge in [-0.25, -0.2) is 4.98 Å². The van der Waals surface area contributed by atoms with Crippen molar-refractivity contribution in [3.63, 3.8) is 0 Å². The van der Waals surface area contributed by atoms with Gasteiger partial charge < -0.3 is 15.2 Å². The Kier molecular flexibility index (Phi) is 4.65. The largest absolute Gasteiger partial charge is 0.480 e. The molecule has 1 aromatic heterocycles.